The minimum absolute atomic E-state index is 0.189. The molecule has 0 spiro atoms. The Morgan fingerprint density at radius 1 is 1.29 bits per heavy atom. The second-order valence-electron chi connectivity index (χ2n) is 4.58. The molecule has 21 heavy (non-hydrogen) atoms. The minimum Gasteiger partial charge on any atom is -0.492 e. The molecule has 1 amide bonds. The van der Waals surface area contributed by atoms with E-state index in [0.29, 0.717) is 35.2 Å². The maximum absolute atomic E-state index is 12.2. The largest absolute Gasteiger partial charge is 0.492 e. The molecule has 2 rings (SSSR count). The molecule has 0 unspecified atom stereocenters. The van der Waals surface area contributed by atoms with E-state index in [0.717, 1.165) is 5.56 Å². The highest BCUT2D eigenvalue weighted by Gasteiger charge is 2.08. The molecule has 4 nitrogen and oxygen atoms in total. The van der Waals surface area contributed by atoms with Crippen molar-refractivity contribution in [2.75, 3.05) is 18.5 Å². The monoisotopic (exact) mass is 304 g/mol. The van der Waals surface area contributed by atoms with Gasteiger partial charge in [0, 0.05) is 28.9 Å². The van der Waals surface area contributed by atoms with Crippen molar-refractivity contribution in [1.82, 2.24) is 0 Å². The van der Waals surface area contributed by atoms with Crippen LogP contribution in [0.15, 0.2) is 42.5 Å². The second kappa shape index (κ2) is 7.11. The van der Waals surface area contributed by atoms with Crippen molar-refractivity contribution < 1.29 is 9.53 Å². The van der Waals surface area contributed by atoms with Crippen LogP contribution in [0.3, 0.4) is 0 Å². The Labute approximate surface area is 128 Å². The average molecular weight is 305 g/mol. The van der Waals surface area contributed by atoms with Crippen molar-refractivity contribution in [1.29, 1.82) is 0 Å². The van der Waals surface area contributed by atoms with Gasteiger partial charge in [0.1, 0.15) is 12.4 Å². The van der Waals surface area contributed by atoms with Crippen LogP contribution in [0.1, 0.15) is 15.9 Å². The zero-order valence-electron chi connectivity index (χ0n) is 11.7. The first-order chi connectivity index (χ1) is 10.1. The summed E-state index contributed by atoms with van der Waals surface area (Å²) in [5, 5.41) is 3.47. The molecular weight excluding hydrogens is 288 g/mol. The zero-order chi connectivity index (χ0) is 15.2. The molecule has 3 N–H and O–H groups in total. The Morgan fingerprint density at radius 2 is 2.10 bits per heavy atom. The number of halogens is 1. The van der Waals surface area contributed by atoms with E-state index in [2.05, 4.69) is 5.32 Å². The van der Waals surface area contributed by atoms with Crippen molar-refractivity contribution in [2.45, 2.75) is 6.92 Å². The van der Waals surface area contributed by atoms with E-state index < -0.39 is 0 Å². The van der Waals surface area contributed by atoms with Gasteiger partial charge in [-0.1, -0.05) is 17.7 Å². The second-order valence-corrected chi connectivity index (χ2v) is 4.99. The molecule has 0 radical (unpaired) electrons. The van der Waals surface area contributed by atoms with Crippen LogP contribution in [-0.2, 0) is 0 Å². The van der Waals surface area contributed by atoms with E-state index in [-0.39, 0.29) is 5.91 Å². The van der Waals surface area contributed by atoms with Gasteiger partial charge in [-0.3, -0.25) is 4.79 Å². The summed E-state index contributed by atoms with van der Waals surface area (Å²) in [4.78, 5) is 12.2. The van der Waals surface area contributed by atoms with Gasteiger partial charge in [-0.2, -0.15) is 0 Å². The minimum atomic E-state index is -0.189. The zero-order valence-corrected chi connectivity index (χ0v) is 12.5. The quantitative estimate of drug-likeness (QED) is 0.891. The number of nitrogens with two attached hydrogens (primary N) is 1. The van der Waals surface area contributed by atoms with Gasteiger partial charge < -0.3 is 15.8 Å². The predicted molar refractivity (Wildman–Crippen MR) is 85.1 cm³/mol. The van der Waals surface area contributed by atoms with Gasteiger partial charge in [-0.15, -0.1) is 0 Å². The number of carbonyl (C=O) groups is 1. The van der Waals surface area contributed by atoms with Crippen LogP contribution in [0.5, 0.6) is 5.75 Å². The van der Waals surface area contributed by atoms with E-state index in [9.17, 15) is 4.79 Å². The van der Waals surface area contributed by atoms with Crippen LogP contribution in [0.2, 0.25) is 5.02 Å². The Morgan fingerprint density at radius 3 is 2.81 bits per heavy atom. The summed E-state index contributed by atoms with van der Waals surface area (Å²) in [5.74, 6) is 0.483. The molecule has 0 bridgehead atoms. The molecule has 0 atom stereocenters. The van der Waals surface area contributed by atoms with Crippen molar-refractivity contribution in [3.05, 3.63) is 58.6 Å². The number of anilines is 1. The molecule has 0 heterocycles. The maximum atomic E-state index is 12.2. The molecule has 0 aliphatic heterocycles. The molecule has 0 aromatic heterocycles. The number of carbonyl (C=O) groups excluding carboxylic acids is 1. The summed E-state index contributed by atoms with van der Waals surface area (Å²) in [5.41, 5.74) is 7.49. The first-order valence-corrected chi connectivity index (χ1v) is 6.98. The topological polar surface area (TPSA) is 64.3 Å². The third-order valence-corrected chi connectivity index (χ3v) is 3.32. The van der Waals surface area contributed by atoms with E-state index in [1.54, 1.807) is 30.3 Å². The van der Waals surface area contributed by atoms with Crippen LogP contribution in [0, 0.1) is 6.92 Å². The number of amides is 1. The number of hydrogen-bond acceptors (Lipinski definition) is 3. The van der Waals surface area contributed by atoms with Crippen molar-refractivity contribution in [3.8, 4) is 5.75 Å². The normalized spacial score (nSPS) is 10.2. The standard InChI is InChI=1S/C16H17ClN2O2/c1-11-9-12(5-6-15(11)17)16(20)19-13-3-2-4-14(10-13)21-8-7-18/h2-6,9-10H,7-8,18H2,1H3,(H,19,20). The van der Waals surface area contributed by atoms with Gasteiger partial charge in [0.05, 0.1) is 0 Å². The van der Waals surface area contributed by atoms with Crippen molar-refractivity contribution in [2.24, 2.45) is 5.73 Å². The van der Waals surface area contributed by atoms with E-state index in [4.69, 9.17) is 22.1 Å². The Balaban J connectivity index is 2.10. The SMILES string of the molecule is Cc1cc(C(=O)Nc2cccc(OCCN)c2)ccc1Cl. The lowest BCUT2D eigenvalue weighted by Crippen LogP contribution is -2.13. The first-order valence-electron chi connectivity index (χ1n) is 6.60. The molecule has 0 saturated heterocycles. The molecule has 110 valence electrons. The lowest BCUT2D eigenvalue weighted by Gasteiger charge is -2.09. The number of benzene rings is 2. The van der Waals surface area contributed by atoms with Crippen LogP contribution in [0.25, 0.3) is 0 Å². The summed E-state index contributed by atoms with van der Waals surface area (Å²) < 4.78 is 5.42. The van der Waals surface area contributed by atoms with Crippen LogP contribution < -0.4 is 15.8 Å². The third kappa shape index (κ3) is 4.21. The fourth-order valence-electron chi connectivity index (χ4n) is 1.83. The van der Waals surface area contributed by atoms with Gasteiger partial charge in [0.25, 0.3) is 5.91 Å². The first kappa shape index (κ1) is 15.4. The fraction of sp³-hybridized carbons (Fsp3) is 0.188. The number of rotatable bonds is 5. The molecule has 2 aromatic rings. The van der Waals surface area contributed by atoms with E-state index >= 15 is 0 Å². The Kier molecular flexibility index (Phi) is 5.20. The van der Waals surface area contributed by atoms with Crippen LogP contribution in [-0.4, -0.2) is 19.1 Å². The lowest BCUT2D eigenvalue weighted by atomic mass is 10.1. The summed E-state index contributed by atoms with van der Waals surface area (Å²) >= 11 is 5.96. The van der Waals surface area contributed by atoms with Gasteiger partial charge >= 0.3 is 0 Å². The number of nitrogens with one attached hydrogen (secondary N) is 1. The van der Waals surface area contributed by atoms with Gasteiger partial charge in [0.2, 0.25) is 0 Å². The molecular formula is C16H17ClN2O2. The molecule has 0 aliphatic carbocycles. The Hall–Kier alpha value is -2.04. The number of aryl methyl sites for hydroxylation is 1. The smallest absolute Gasteiger partial charge is 0.255 e. The highest BCUT2D eigenvalue weighted by Crippen LogP contribution is 2.20. The van der Waals surface area contributed by atoms with Crippen molar-refractivity contribution >= 4 is 23.2 Å². The fourth-order valence-corrected chi connectivity index (χ4v) is 1.95. The summed E-state index contributed by atoms with van der Waals surface area (Å²) in [6, 6.07) is 12.4. The number of ether oxygens (including phenoxy) is 1. The molecule has 0 fully saturated rings. The summed E-state index contributed by atoms with van der Waals surface area (Å²) in [6.07, 6.45) is 0. The molecule has 0 aliphatic rings. The van der Waals surface area contributed by atoms with Crippen LogP contribution >= 0.6 is 11.6 Å². The Bertz CT molecular complexity index is 644. The molecule has 5 heteroatoms. The van der Waals surface area contributed by atoms with Crippen molar-refractivity contribution in [3.63, 3.8) is 0 Å². The maximum Gasteiger partial charge on any atom is 0.255 e. The summed E-state index contributed by atoms with van der Waals surface area (Å²) in [7, 11) is 0. The highest BCUT2D eigenvalue weighted by molar-refractivity contribution is 6.31. The van der Waals surface area contributed by atoms with Gasteiger partial charge in [-0.05, 0) is 42.8 Å². The van der Waals surface area contributed by atoms with Crippen LogP contribution in [0.4, 0.5) is 5.69 Å². The highest BCUT2D eigenvalue weighted by atomic mass is 35.5. The van der Waals surface area contributed by atoms with Gasteiger partial charge in [-0.25, -0.2) is 0 Å². The third-order valence-electron chi connectivity index (χ3n) is 2.90. The predicted octanol–water partition coefficient (Wildman–Crippen LogP) is 3.24. The van der Waals surface area contributed by atoms with E-state index in [1.165, 1.54) is 0 Å². The number of hydrogen-bond donors (Lipinski definition) is 2. The van der Waals surface area contributed by atoms with Gasteiger partial charge in [0.15, 0.2) is 0 Å². The molecule has 2 aromatic carbocycles. The lowest BCUT2D eigenvalue weighted by molar-refractivity contribution is 0.102. The van der Waals surface area contributed by atoms with E-state index in [1.807, 2.05) is 19.1 Å². The average Bonchev–Trinajstić information content (AvgIpc) is 2.48. The summed E-state index contributed by atoms with van der Waals surface area (Å²) in [6.45, 7) is 2.74. The molecule has 0 saturated carbocycles.